The van der Waals surface area contributed by atoms with Crippen molar-refractivity contribution >= 4 is 53.3 Å². The van der Waals surface area contributed by atoms with Gasteiger partial charge in [0, 0.05) is 23.7 Å². The maximum atomic E-state index is 13.3. The largest absolute Gasteiger partial charge is 0.459 e. The topological polar surface area (TPSA) is 162 Å². The van der Waals surface area contributed by atoms with Gasteiger partial charge in [0.25, 0.3) is 0 Å². The number of hydrogen-bond acceptors (Lipinski definition) is 9. The number of carbonyl (C=O) groups excluding carboxylic acids is 5. The Labute approximate surface area is 321 Å². The Kier molecular flexibility index (Phi) is 14.8. The lowest BCUT2D eigenvalue weighted by molar-refractivity contribution is -0.159. The number of esters is 2. The fourth-order valence-electron chi connectivity index (χ4n) is 4.62. The van der Waals surface area contributed by atoms with Crippen LogP contribution in [0.5, 0.6) is 5.75 Å². The van der Waals surface area contributed by atoms with Crippen molar-refractivity contribution in [3.05, 3.63) is 94.5 Å². The average Bonchev–Trinajstić information content (AvgIpc) is 3.02. The quantitative estimate of drug-likeness (QED) is 0.0679. The summed E-state index contributed by atoms with van der Waals surface area (Å²) in [7, 11) is 0. The van der Waals surface area contributed by atoms with E-state index in [-0.39, 0.29) is 49.1 Å². The lowest BCUT2D eigenvalue weighted by atomic mass is 10.1. The molecule has 0 bridgehead atoms. The summed E-state index contributed by atoms with van der Waals surface area (Å²) >= 11 is 6.54. The SMILES string of the molecule is CC(C)(C)OC(=O)CN(Cc1ccccc1)C(=O)CCc1ccc(OC(=O)c2ccc(N/C(=N\C(=O)OC(C)(C)C)NC(=O)OC(C)(C)C)cc2)cc1Cl. The number of nitrogens with one attached hydrogen (secondary N) is 2. The summed E-state index contributed by atoms with van der Waals surface area (Å²) in [5, 5.41) is 5.51. The van der Waals surface area contributed by atoms with Crippen LogP contribution in [0.3, 0.4) is 0 Å². The molecule has 2 N–H and O–H groups in total. The number of rotatable bonds is 10. The highest BCUT2D eigenvalue weighted by Crippen LogP contribution is 2.25. The van der Waals surface area contributed by atoms with E-state index in [1.807, 2.05) is 30.3 Å². The van der Waals surface area contributed by atoms with Crippen LogP contribution in [0.4, 0.5) is 15.3 Å². The van der Waals surface area contributed by atoms with Crippen molar-refractivity contribution in [1.29, 1.82) is 0 Å². The van der Waals surface area contributed by atoms with Gasteiger partial charge in [-0.2, -0.15) is 0 Å². The van der Waals surface area contributed by atoms with E-state index in [0.29, 0.717) is 16.3 Å². The Morgan fingerprint density at radius 2 is 1.37 bits per heavy atom. The molecule has 0 aromatic heterocycles. The molecule has 3 rings (SSSR count). The molecule has 290 valence electrons. The Morgan fingerprint density at radius 3 is 1.94 bits per heavy atom. The lowest BCUT2D eigenvalue weighted by Crippen LogP contribution is -2.40. The molecule has 0 saturated heterocycles. The maximum absolute atomic E-state index is 13.3. The molecule has 3 aromatic rings. The van der Waals surface area contributed by atoms with E-state index in [1.165, 1.54) is 35.2 Å². The molecule has 0 heterocycles. The molecule has 0 aliphatic rings. The van der Waals surface area contributed by atoms with Crippen LogP contribution in [-0.4, -0.2) is 64.2 Å². The van der Waals surface area contributed by atoms with Crippen LogP contribution in [0.2, 0.25) is 5.02 Å². The first kappa shape index (κ1) is 43.0. The minimum absolute atomic E-state index is 0.0758. The molecule has 0 aliphatic heterocycles. The highest BCUT2D eigenvalue weighted by molar-refractivity contribution is 6.31. The predicted octanol–water partition coefficient (Wildman–Crippen LogP) is 8.09. The molecule has 54 heavy (non-hydrogen) atoms. The summed E-state index contributed by atoms with van der Waals surface area (Å²) in [6.45, 7) is 15.4. The summed E-state index contributed by atoms with van der Waals surface area (Å²) in [6, 6.07) is 20.1. The van der Waals surface area contributed by atoms with Gasteiger partial charge in [0.1, 0.15) is 29.1 Å². The van der Waals surface area contributed by atoms with Crippen LogP contribution < -0.4 is 15.4 Å². The Hall–Kier alpha value is -5.43. The van der Waals surface area contributed by atoms with Crippen molar-refractivity contribution < 1.29 is 42.9 Å². The molecule has 3 aromatic carbocycles. The highest BCUT2D eigenvalue weighted by atomic mass is 35.5. The number of aryl methyl sites for hydroxylation is 1. The number of amides is 3. The van der Waals surface area contributed by atoms with Crippen LogP contribution in [0.1, 0.15) is 90.2 Å². The number of halogens is 1. The van der Waals surface area contributed by atoms with E-state index in [9.17, 15) is 24.0 Å². The zero-order valence-corrected chi connectivity index (χ0v) is 33.0. The van der Waals surface area contributed by atoms with Crippen molar-refractivity contribution in [1.82, 2.24) is 10.2 Å². The average molecular weight is 765 g/mol. The number of carbonyl (C=O) groups is 5. The number of anilines is 1. The Balaban J connectivity index is 1.65. The van der Waals surface area contributed by atoms with Gasteiger partial charge in [0.05, 0.1) is 5.56 Å². The first-order valence-electron chi connectivity index (χ1n) is 17.3. The van der Waals surface area contributed by atoms with Gasteiger partial charge >= 0.3 is 24.1 Å². The highest BCUT2D eigenvalue weighted by Gasteiger charge is 2.24. The van der Waals surface area contributed by atoms with Crippen LogP contribution in [0, 0.1) is 0 Å². The van der Waals surface area contributed by atoms with Gasteiger partial charge in [-0.1, -0.05) is 48.0 Å². The summed E-state index contributed by atoms with van der Waals surface area (Å²) in [4.78, 5) is 69.0. The third kappa shape index (κ3) is 16.1. The van der Waals surface area contributed by atoms with Crippen LogP contribution in [-0.2, 0) is 36.8 Å². The number of aliphatic imine (C=N–C) groups is 1. The number of alkyl carbamates (subject to hydrolysis) is 1. The predicted molar refractivity (Wildman–Crippen MR) is 206 cm³/mol. The molecule has 0 unspecified atom stereocenters. The van der Waals surface area contributed by atoms with E-state index in [4.69, 9.17) is 30.5 Å². The second-order valence-electron chi connectivity index (χ2n) is 15.2. The zero-order valence-electron chi connectivity index (χ0n) is 32.2. The monoisotopic (exact) mass is 764 g/mol. The molecule has 0 radical (unpaired) electrons. The molecule has 0 spiro atoms. The van der Waals surface area contributed by atoms with E-state index < -0.39 is 40.9 Å². The van der Waals surface area contributed by atoms with Gasteiger partial charge in [0.15, 0.2) is 0 Å². The van der Waals surface area contributed by atoms with Gasteiger partial charge in [-0.3, -0.25) is 14.9 Å². The summed E-state index contributed by atoms with van der Waals surface area (Å²) in [6.07, 6.45) is -1.44. The second kappa shape index (κ2) is 18.6. The summed E-state index contributed by atoms with van der Waals surface area (Å²) in [5.41, 5.74) is -0.220. The van der Waals surface area contributed by atoms with Crippen LogP contribution in [0.25, 0.3) is 0 Å². The van der Waals surface area contributed by atoms with Crippen molar-refractivity contribution in [2.45, 2.75) is 98.5 Å². The van der Waals surface area contributed by atoms with Gasteiger partial charge in [-0.15, -0.1) is 4.99 Å². The first-order chi connectivity index (χ1) is 25.0. The van der Waals surface area contributed by atoms with Crippen molar-refractivity contribution in [3.63, 3.8) is 0 Å². The van der Waals surface area contributed by atoms with Crippen molar-refractivity contribution in [2.24, 2.45) is 4.99 Å². The molecule has 14 heteroatoms. The van der Waals surface area contributed by atoms with Gasteiger partial charge in [0.2, 0.25) is 11.9 Å². The van der Waals surface area contributed by atoms with E-state index >= 15 is 0 Å². The zero-order chi connectivity index (χ0) is 40.3. The fourth-order valence-corrected chi connectivity index (χ4v) is 4.88. The van der Waals surface area contributed by atoms with Gasteiger partial charge in [-0.25, -0.2) is 14.4 Å². The van der Waals surface area contributed by atoms with E-state index in [1.54, 1.807) is 74.4 Å². The molecule has 0 fully saturated rings. The van der Waals surface area contributed by atoms with Crippen molar-refractivity contribution in [3.8, 4) is 5.75 Å². The summed E-state index contributed by atoms with van der Waals surface area (Å²) < 4.78 is 21.5. The Morgan fingerprint density at radius 1 is 0.759 bits per heavy atom. The third-order valence-electron chi connectivity index (χ3n) is 6.75. The van der Waals surface area contributed by atoms with Crippen molar-refractivity contribution in [2.75, 3.05) is 11.9 Å². The van der Waals surface area contributed by atoms with Crippen LogP contribution >= 0.6 is 11.6 Å². The number of ether oxygens (including phenoxy) is 4. The van der Waals surface area contributed by atoms with E-state index in [0.717, 1.165) is 5.56 Å². The fraction of sp³-hybridized carbons (Fsp3) is 0.400. The molecule has 13 nitrogen and oxygen atoms in total. The number of hydrogen-bond donors (Lipinski definition) is 2. The Bertz CT molecular complexity index is 1820. The molecule has 3 amide bonds. The van der Waals surface area contributed by atoms with Gasteiger partial charge < -0.3 is 29.2 Å². The third-order valence-corrected chi connectivity index (χ3v) is 7.10. The smallest absolute Gasteiger partial charge is 0.437 e. The number of benzene rings is 3. The summed E-state index contributed by atoms with van der Waals surface area (Å²) in [5.74, 6) is -1.50. The lowest BCUT2D eigenvalue weighted by Gasteiger charge is -2.25. The molecular weight excluding hydrogens is 716 g/mol. The standard InChI is InChI=1S/C40H49ClN4O9/c1-38(2,3)52-33(47)25-45(24-26-13-11-10-12-14-26)32(46)22-18-27-17-21-30(23-31(27)41)51-34(48)28-15-19-29(20-16-28)42-35(43-36(49)53-39(4,5)6)44-37(50)54-40(7,8)9/h10-17,19-21,23H,18,22,24-25H2,1-9H3,(H2,42,43,44,49,50). The minimum Gasteiger partial charge on any atom is -0.459 e. The number of guanidine groups is 1. The van der Waals surface area contributed by atoms with E-state index in [2.05, 4.69) is 15.6 Å². The molecular formula is C40H49ClN4O9. The van der Waals surface area contributed by atoms with Crippen LogP contribution in [0.15, 0.2) is 77.8 Å². The van der Waals surface area contributed by atoms with Gasteiger partial charge in [-0.05, 0) is 116 Å². The molecule has 0 atom stereocenters. The number of nitrogens with zero attached hydrogens (tertiary/aromatic N) is 2. The molecule has 0 aliphatic carbocycles. The second-order valence-corrected chi connectivity index (χ2v) is 15.6. The minimum atomic E-state index is -0.944. The normalized spacial score (nSPS) is 11.9. The molecule has 0 saturated carbocycles. The first-order valence-corrected chi connectivity index (χ1v) is 17.7. The maximum Gasteiger partial charge on any atom is 0.437 e.